The fourth-order valence-corrected chi connectivity index (χ4v) is 4.49. The molecule has 3 aromatic heterocycles. The van der Waals surface area contributed by atoms with E-state index in [1.165, 1.54) is 6.08 Å². The fourth-order valence-electron chi connectivity index (χ4n) is 4.25. The van der Waals surface area contributed by atoms with Crippen molar-refractivity contribution in [1.82, 2.24) is 25.2 Å². The molecule has 1 fully saturated rings. The molecule has 7 nitrogen and oxygen atoms in total. The minimum Gasteiger partial charge on any atom is -0.354 e. The van der Waals surface area contributed by atoms with Crippen LogP contribution in [0.3, 0.4) is 0 Å². The van der Waals surface area contributed by atoms with E-state index in [0.717, 1.165) is 71.0 Å². The Kier molecular flexibility index (Phi) is 7.38. The van der Waals surface area contributed by atoms with Crippen LogP contribution in [0.1, 0.15) is 26.3 Å². The highest BCUT2D eigenvalue weighted by Gasteiger charge is 2.21. The summed E-state index contributed by atoms with van der Waals surface area (Å²) in [6.07, 6.45) is 6.77. The number of halogens is 1. The maximum atomic E-state index is 12.0. The number of carbonyl (C=O) groups excluding carboxylic acids is 1. The van der Waals surface area contributed by atoms with Gasteiger partial charge in [0.25, 0.3) is 0 Å². The molecule has 2 N–H and O–H groups in total. The van der Waals surface area contributed by atoms with Gasteiger partial charge in [0, 0.05) is 60.8 Å². The van der Waals surface area contributed by atoms with Gasteiger partial charge in [0.05, 0.1) is 10.7 Å². The third-order valence-electron chi connectivity index (χ3n) is 6.24. The molecule has 0 spiro atoms. The lowest BCUT2D eigenvalue weighted by atomic mass is 9.98. The summed E-state index contributed by atoms with van der Waals surface area (Å²) in [6.45, 7) is 13.4. The van der Waals surface area contributed by atoms with Crippen LogP contribution in [0.2, 0.25) is 5.02 Å². The summed E-state index contributed by atoms with van der Waals surface area (Å²) in [4.78, 5) is 29.3. The number of likely N-dealkylation sites (N-methyl/N-ethyl adjacent to an activating group) is 1. The predicted octanol–water partition coefficient (Wildman–Crippen LogP) is 5.03. The molecule has 0 bridgehead atoms. The Morgan fingerprint density at radius 2 is 1.86 bits per heavy atom. The monoisotopic (exact) mass is 490 g/mol. The number of carbonyl (C=O) groups is 1. The molecule has 0 saturated carbocycles. The highest BCUT2D eigenvalue weighted by atomic mass is 35.5. The quantitative estimate of drug-likeness (QED) is 0.374. The molecule has 0 atom stereocenters. The Labute approximate surface area is 211 Å². The van der Waals surface area contributed by atoms with Gasteiger partial charge in [-0.25, -0.2) is 9.97 Å². The molecule has 1 saturated heterocycles. The second-order valence-electron chi connectivity index (χ2n) is 9.02. The first kappa shape index (κ1) is 24.7. The van der Waals surface area contributed by atoms with E-state index in [1.54, 1.807) is 12.3 Å². The molecule has 1 aliphatic heterocycles. The van der Waals surface area contributed by atoms with E-state index in [1.807, 2.05) is 39.1 Å². The molecular formula is C27H31ClN6O. The van der Waals surface area contributed by atoms with Gasteiger partial charge in [0.15, 0.2) is 0 Å². The zero-order valence-electron chi connectivity index (χ0n) is 20.7. The molecule has 182 valence electrons. The number of fused-ring (bicyclic) bond motifs is 1. The standard InChI is InChI=1S/C27H31ClN6O/c1-6-23(35)31-21(17(2)3)15-18(4)24-25-20(28)8-10-30-27(25)32-26(24)19-7-9-29-22(16-19)34-13-11-33(5)12-14-34/h6-10,15-16H,1,11-14H2,2-5H3,(H,30,32)(H,31,35)/b18-15+. The first-order valence-corrected chi connectivity index (χ1v) is 12.0. The second-order valence-corrected chi connectivity index (χ2v) is 9.43. The molecule has 35 heavy (non-hydrogen) atoms. The van der Waals surface area contributed by atoms with Crippen molar-refractivity contribution < 1.29 is 4.79 Å². The third kappa shape index (κ3) is 5.31. The number of hydrogen-bond donors (Lipinski definition) is 2. The SMILES string of the molecule is C=CC(=O)NC(/C=C(\C)c1c(-c2ccnc(N3CCN(C)CC3)c2)[nH]c2nccc(Cl)c12)=C(C)C. The number of nitrogens with zero attached hydrogens (tertiary/aromatic N) is 4. The second kappa shape index (κ2) is 10.5. The Hall–Kier alpha value is -3.42. The van der Waals surface area contributed by atoms with Gasteiger partial charge in [-0.3, -0.25) is 4.79 Å². The third-order valence-corrected chi connectivity index (χ3v) is 6.56. The van der Waals surface area contributed by atoms with Crippen LogP contribution in [-0.4, -0.2) is 59.0 Å². The van der Waals surface area contributed by atoms with Crippen LogP contribution in [0, 0.1) is 0 Å². The maximum Gasteiger partial charge on any atom is 0.247 e. The number of nitrogens with one attached hydrogen (secondary N) is 2. The first-order valence-electron chi connectivity index (χ1n) is 11.6. The Morgan fingerprint density at radius 3 is 2.54 bits per heavy atom. The highest BCUT2D eigenvalue weighted by molar-refractivity contribution is 6.36. The van der Waals surface area contributed by atoms with Crippen molar-refractivity contribution in [2.75, 3.05) is 38.1 Å². The number of hydrogen-bond acceptors (Lipinski definition) is 5. The lowest BCUT2D eigenvalue weighted by Crippen LogP contribution is -2.44. The average Bonchev–Trinajstić information content (AvgIpc) is 3.25. The molecule has 4 rings (SSSR count). The summed E-state index contributed by atoms with van der Waals surface area (Å²) < 4.78 is 0. The molecule has 1 amide bonds. The molecule has 0 unspecified atom stereocenters. The average molecular weight is 491 g/mol. The molecule has 1 aliphatic rings. The number of amides is 1. The molecule has 3 aromatic rings. The zero-order chi connectivity index (χ0) is 25.1. The van der Waals surface area contributed by atoms with Gasteiger partial charge in [-0.05, 0) is 63.7 Å². The summed E-state index contributed by atoms with van der Waals surface area (Å²) in [6, 6.07) is 5.90. The van der Waals surface area contributed by atoms with Gasteiger partial charge in [-0.2, -0.15) is 0 Å². The number of anilines is 1. The highest BCUT2D eigenvalue weighted by Crippen LogP contribution is 2.39. The zero-order valence-corrected chi connectivity index (χ0v) is 21.4. The van der Waals surface area contributed by atoms with Gasteiger partial charge >= 0.3 is 0 Å². The van der Waals surface area contributed by atoms with Gasteiger partial charge < -0.3 is 20.1 Å². The lowest BCUT2D eigenvalue weighted by molar-refractivity contribution is -0.115. The molecule has 0 aromatic carbocycles. The van der Waals surface area contributed by atoms with Gasteiger partial charge in [0.1, 0.15) is 11.5 Å². The topological polar surface area (TPSA) is 77.2 Å². The van der Waals surface area contributed by atoms with E-state index in [9.17, 15) is 4.79 Å². The van der Waals surface area contributed by atoms with E-state index in [4.69, 9.17) is 11.6 Å². The summed E-state index contributed by atoms with van der Waals surface area (Å²) in [5.41, 5.74) is 6.21. The number of aromatic nitrogens is 3. The van der Waals surface area contributed by atoms with Crippen LogP contribution in [0.15, 0.2) is 60.6 Å². The van der Waals surface area contributed by atoms with Crippen molar-refractivity contribution in [2.24, 2.45) is 0 Å². The normalized spacial score (nSPS) is 14.8. The van der Waals surface area contributed by atoms with Gasteiger partial charge in [-0.15, -0.1) is 0 Å². The number of aromatic amines is 1. The van der Waals surface area contributed by atoms with Crippen LogP contribution < -0.4 is 10.2 Å². The minimum absolute atomic E-state index is 0.255. The molecular weight excluding hydrogens is 460 g/mol. The van der Waals surface area contributed by atoms with E-state index in [0.29, 0.717) is 10.7 Å². The smallest absolute Gasteiger partial charge is 0.247 e. The van der Waals surface area contributed by atoms with E-state index in [2.05, 4.69) is 49.8 Å². The van der Waals surface area contributed by atoms with Crippen LogP contribution >= 0.6 is 11.6 Å². The van der Waals surface area contributed by atoms with Gasteiger partial charge in [0.2, 0.25) is 5.91 Å². The predicted molar refractivity (Wildman–Crippen MR) is 144 cm³/mol. The number of piperazine rings is 1. The van der Waals surface area contributed by atoms with E-state index < -0.39 is 0 Å². The van der Waals surface area contributed by atoms with Crippen molar-refractivity contribution in [3.63, 3.8) is 0 Å². The number of pyridine rings is 2. The van der Waals surface area contributed by atoms with Crippen LogP contribution in [-0.2, 0) is 4.79 Å². The van der Waals surface area contributed by atoms with Crippen LogP contribution in [0.4, 0.5) is 5.82 Å². The maximum absolute atomic E-state index is 12.0. The van der Waals surface area contributed by atoms with Crippen molar-refractivity contribution >= 4 is 39.9 Å². The van der Waals surface area contributed by atoms with E-state index >= 15 is 0 Å². The number of rotatable bonds is 6. The molecule has 0 radical (unpaired) electrons. The first-order chi connectivity index (χ1) is 16.8. The summed E-state index contributed by atoms with van der Waals surface area (Å²) >= 11 is 6.67. The number of allylic oxidation sites excluding steroid dienone is 3. The van der Waals surface area contributed by atoms with Crippen molar-refractivity contribution in [2.45, 2.75) is 20.8 Å². The number of H-pyrrole nitrogens is 1. The fraction of sp³-hybridized carbons (Fsp3) is 0.296. The minimum atomic E-state index is -0.255. The molecule has 0 aliphatic carbocycles. The largest absolute Gasteiger partial charge is 0.354 e. The molecule has 8 heteroatoms. The Morgan fingerprint density at radius 1 is 1.14 bits per heavy atom. The Bertz CT molecular complexity index is 1330. The van der Waals surface area contributed by atoms with E-state index in [-0.39, 0.29) is 5.91 Å². The van der Waals surface area contributed by atoms with Crippen molar-refractivity contribution in [3.05, 3.63) is 71.2 Å². The molecule has 4 heterocycles. The van der Waals surface area contributed by atoms with Gasteiger partial charge in [-0.1, -0.05) is 23.8 Å². The van der Waals surface area contributed by atoms with Crippen LogP contribution in [0.25, 0.3) is 27.9 Å². The van der Waals surface area contributed by atoms with Crippen molar-refractivity contribution in [1.29, 1.82) is 0 Å². The summed E-state index contributed by atoms with van der Waals surface area (Å²) in [5.74, 6) is 0.694. The lowest BCUT2D eigenvalue weighted by Gasteiger charge is -2.33. The van der Waals surface area contributed by atoms with Crippen LogP contribution in [0.5, 0.6) is 0 Å². The summed E-state index contributed by atoms with van der Waals surface area (Å²) in [7, 11) is 2.14. The Balaban J connectivity index is 1.84. The van der Waals surface area contributed by atoms with Crippen molar-refractivity contribution in [3.8, 4) is 11.3 Å². The summed E-state index contributed by atoms with van der Waals surface area (Å²) in [5, 5.41) is 4.36.